The van der Waals surface area contributed by atoms with Gasteiger partial charge in [0.2, 0.25) is 0 Å². The van der Waals surface area contributed by atoms with E-state index in [2.05, 4.69) is 5.16 Å². The van der Waals surface area contributed by atoms with Crippen LogP contribution in [0.3, 0.4) is 0 Å². The van der Waals surface area contributed by atoms with Crippen molar-refractivity contribution in [3.05, 3.63) is 59.1 Å². The molecule has 0 aliphatic rings. The van der Waals surface area contributed by atoms with E-state index < -0.39 is 0 Å². The summed E-state index contributed by atoms with van der Waals surface area (Å²) in [4.78, 5) is 15.0. The van der Waals surface area contributed by atoms with Gasteiger partial charge >= 0.3 is 5.97 Å². The third kappa shape index (κ3) is 3.60. The molecule has 0 radical (unpaired) electrons. The molecule has 5 nitrogen and oxygen atoms in total. The van der Waals surface area contributed by atoms with Gasteiger partial charge in [-0.1, -0.05) is 11.2 Å². The van der Waals surface area contributed by atoms with Crippen LogP contribution in [0, 0.1) is 0 Å². The van der Waals surface area contributed by atoms with E-state index >= 15 is 0 Å². The Morgan fingerprint density at radius 1 is 1.26 bits per heavy atom. The first-order valence-corrected chi connectivity index (χ1v) is 7.95. The fourth-order valence-electron chi connectivity index (χ4n) is 2.03. The van der Waals surface area contributed by atoms with E-state index in [4.69, 9.17) is 9.26 Å². The Morgan fingerprint density at radius 2 is 2.04 bits per heavy atom. The number of hydrogen-bond donors (Lipinski definition) is 0. The molecule has 2 aromatic heterocycles. The van der Waals surface area contributed by atoms with E-state index in [1.54, 1.807) is 29.5 Å². The minimum Gasteiger partial charge on any atom is -0.455 e. The molecular formula is C17H16N2O3S. The summed E-state index contributed by atoms with van der Waals surface area (Å²) in [5.41, 5.74) is 2.13. The summed E-state index contributed by atoms with van der Waals surface area (Å²) in [5, 5.41) is 5.89. The predicted molar refractivity (Wildman–Crippen MR) is 89.7 cm³/mol. The summed E-state index contributed by atoms with van der Waals surface area (Å²) in [7, 11) is 3.89. The van der Waals surface area contributed by atoms with Crippen LogP contribution in [-0.4, -0.2) is 25.2 Å². The minimum absolute atomic E-state index is 0.0864. The molecule has 3 rings (SSSR count). The highest BCUT2D eigenvalue weighted by Gasteiger charge is 2.11. The van der Waals surface area contributed by atoms with Crippen molar-refractivity contribution in [2.45, 2.75) is 6.61 Å². The number of aromatic nitrogens is 1. The lowest BCUT2D eigenvalue weighted by molar-refractivity contribution is 0.0464. The molecule has 0 amide bonds. The normalized spacial score (nSPS) is 10.5. The molecule has 3 aromatic rings. The average Bonchev–Trinajstić information content (AvgIpc) is 3.23. The quantitative estimate of drug-likeness (QED) is 0.666. The van der Waals surface area contributed by atoms with Crippen molar-refractivity contribution in [2.24, 2.45) is 0 Å². The Bertz CT molecular complexity index is 777. The highest BCUT2D eigenvalue weighted by atomic mass is 32.1. The number of carbonyl (C=O) groups excluding carboxylic acids is 1. The number of nitrogens with zero attached hydrogens (tertiary/aromatic N) is 2. The van der Waals surface area contributed by atoms with E-state index in [1.807, 2.05) is 48.6 Å². The second kappa shape index (κ2) is 6.66. The van der Waals surface area contributed by atoms with Crippen molar-refractivity contribution >= 4 is 23.0 Å². The van der Waals surface area contributed by atoms with E-state index in [9.17, 15) is 4.79 Å². The zero-order valence-corrected chi connectivity index (χ0v) is 13.7. The Labute approximate surface area is 138 Å². The minimum atomic E-state index is -0.379. The predicted octanol–water partition coefficient (Wildman–Crippen LogP) is 3.83. The Hall–Kier alpha value is -2.60. The van der Waals surface area contributed by atoms with Crippen LogP contribution in [0.2, 0.25) is 0 Å². The molecule has 0 unspecified atom stereocenters. The summed E-state index contributed by atoms with van der Waals surface area (Å²) in [6.45, 7) is 0.0864. The summed E-state index contributed by atoms with van der Waals surface area (Å²) >= 11 is 1.57. The fraction of sp³-hybridized carbons (Fsp3) is 0.176. The fourth-order valence-corrected chi connectivity index (χ4v) is 2.71. The molecule has 2 heterocycles. The molecule has 0 atom stereocenters. The van der Waals surface area contributed by atoms with Crippen LogP contribution >= 0.6 is 11.3 Å². The van der Waals surface area contributed by atoms with Crippen LogP contribution in [0.25, 0.3) is 10.6 Å². The molecule has 0 aliphatic heterocycles. The molecule has 6 heteroatoms. The zero-order chi connectivity index (χ0) is 16.2. The maximum Gasteiger partial charge on any atom is 0.338 e. The highest BCUT2D eigenvalue weighted by Crippen LogP contribution is 2.25. The SMILES string of the molecule is CN(C)c1ccc(C(=O)OCc2cc(-c3cccs3)on2)cc1. The number of thiophene rings is 1. The van der Waals surface area contributed by atoms with E-state index in [0.29, 0.717) is 17.0 Å². The Kier molecular flexibility index (Phi) is 4.43. The van der Waals surface area contributed by atoms with Crippen molar-refractivity contribution < 1.29 is 14.1 Å². The Balaban J connectivity index is 1.60. The van der Waals surface area contributed by atoms with Gasteiger partial charge in [0.1, 0.15) is 12.3 Å². The first kappa shape index (κ1) is 15.3. The molecule has 0 saturated carbocycles. The van der Waals surface area contributed by atoms with Gasteiger partial charge in [-0.25, -0.2) is 4.79 Å². The molecule has 0 N–H and O–H groups in total. The molecule has 0 bridgehead atoms. The van der Waals surface area contributed by atoms with Crippen molar-refractivity contribution in [3.63, 3.8) is 0 Å². The van der Waals surface area contributed by atoms with Gasteiger partial charge in [0.05, 0.1) is 10.4 Å². The maximum absolute atomic E-state index is 12.0. The van der Waals surface area contributed by atoms with Crippen LogP contribution < -0.4 is 4.90 Å². The summed E-state index contributed by atoms with van der Waals surface area (Å²) in [6.07, 6.45) is 0. The van der Waals surface area contributed by atoms with Gasteiger partial charge in [0, 0.05) is 25.8 Å². The van der Waals surface area contributed by atoms with Crippen molar-refractivity contribution in [1.82, 2.24) is 5.16 Å². The van der Waals surface area contributed by atoms with E-state index in [0.717, 1.165) is 10.6 Å². The number of rotatable bonds is 5. The summed E-state index contributed by atoms with van der Waals surface area (Å²) in [6, 6.07) is 12.9. The smallest absolute Gasteiger partial charge is 0.338 e. The van der Waals surface area contributed by atoms with E-state index in [-0.39, 0.29) is 12.6 Å². The zero-order valence-electron chi connectivity index (χ0n) is 12.9. The number of anilines is 1. The van der Waals surface area contributed by atoms with Crippen LogP contribution in [0.15, 0.2) is 52.4 Å². The molecule has 0 saturated heterocycles. The molecule has 23 heavy (non-hydrogen) atoms. The summed E-state index contributed by atoms with van der Waals surface area (Å²) in [5.74, 6) is 0.303. The highest BCUT2D eigenvalue weighted by molar-refractivity contribution is 7.13. The van der Waals surface area contributed by atoms with Gasteiger partial charge in [-0.05, 0) is 35.7 Å². The standard InChI is InChI=1S/C17H16N2O3S/c1-19(2)14-7-5-12(6-8-14)17(20)21-11-13-10-15(22-18-13)16-4-3-9-23-16/h3-10H,11H2,1-2H3. The van der Waals surface area contributed by atoms with Gasteiger partial charge in [-0.15, -0.1) is 11.3 Å². The number of carbonyl (C=O) groups is 1. The van der Waals surface area contributed by atoms with Crippen LogP contribution in [-0.2, 0) is 11.3 Å². The molecule has 0 fully saturated rings. The second-order valence-electron chi connectivity index (χ2n) is 5.18. The van der Waals surface area contributed by atoms with Gasteiger partial charge < -0.3 is 14.2 Å². The molecule has 1 aromatic carbocycles. The molecular weight excluding hydrogens is 312 g/mol. The van der Waals surface area contributed by atoms with Crippen LogP contribution in [0.5, 0.6) is 0 Å². The van der Waals surface area contributed by atoms with Gasteiger partial charge in [0.15, 0.2) is 5.76 Å². The maximum atomic E-state index is 12.0. The number of ether oxygens (including phenoxy) is 1. The first-order chi connectivity index (χ1) is 11.1. The average molecular weight is 328 g/mol. The number of benzene rings is 1. The lowest BCUT2D eigenvalue weighted by atomic mass is 10.2. The monoisotopic (exact) mass is 328 g/mol. The first-order valence-electron chi connectivity index (χ1n) is 7.07. The van der Waals surface area contributed by atoms with Crippen molar-refractivity contribution in [1.29, 1.82) is 0 Å². The second-order valence-corrected chi connectivity index (χ2v) is 6.12. The molecule has 0 spiro atoms. The van der Waals surface area contributed by atoms with Crippen LogP contribution in [0.1, 0.15) is 16.1 Å². The van der Waals surface area contributed by atoms with Crippen molar-refractivity contribution in [3.8, 4) is 10.6 Å². The van der Waals surface area contributed by atoms with Crippen LogP contribution in [0.4, 0.5) is 5.69 Å². The van der Waals surface area contributed by atoms with E-state index in [1.165, 1.54) is 0 Å². The third-order valence-corrected chi connectivity index (χ3v) is 4.18. The van der Waals surface area contributed by atoms with Gasteiger partial charge in [-0.2, -0.15) is 0 Å². The summed E-state index contributed by atoms with van der Waals surface area (Å²) < 4.78 is 10.5. The lowest BCUT2D eigenvalue weighted by Crippen LogP contribution is -2.09. The van der Waals surface area contributed by atoms with Gasteiger partial charge in [-0.3, -0.25) is 0 Å². The lowest BCUT2D eigenvalue weighted by Gasteiger charge is -2.12. The Morgan fingerprint density at radius 3 is 2.70 bits per heavy atom. The molecule has 0 aliphatic carbocycles. The van der Waals surface area contributed by atoms with Gasteiger partial charge in [0.25, 0.3) is 0 Å². The number of esters is 1. The number of hydrogen-bond acceptors (Lipinski definition) is 6. The topological polar surface area (TPSA) is 55.6 Å². The largest absolute Gasteiger partial charge is 0.455 e. The molecule has 118 valence electrons. The van der Waals surface area contributed by atoms with Crippen molar-refractivity contribution in [2.75, 3.05) is 19.0 Å². The third-order valence-electron chi connectivity index (χ3n) is 3.29.